The highest BCUT2D eigenvalue weighted by molar-refractivity contribution is 14.0. The van der Waals surface area contributed by atoms with Crippen LogP contribution in [0.1, 0.15) is 45.9 Å². The molecule has 2 N–H and O–H groups in total. The van der Waals surface area contributed by atoms with E-state index in [-0.39, 0.29) is 24.0 Å². The quantitative estimate of drug-likeness (QED) is 0.362. The molecule has 140 valence electrons. The molecule has 2 heterocycles. The van der Waals surface area contributed by atoms with Crippen LogP contribution >= 0.6 is 24.0 Å². The maximum atomic E-state index is 4.30. The van der Waals surface area contributed by atoms with Crippen molar-refractivity contribution in [3.8, 4) is 0 Å². The number of fused-ring (bicyclic) bond motifs is 1. The second-order valence-corrected chi connectivity index (χ2v) is 6.66. The van der Waals surface area contributed by atoms with Crippen LogP contribution in [0.15, 0.2) is 29.4 Å². The minimum absolute atomic E-state index is 0. The van der Waals surface area contributed by atoms with Crippen LogP contribution in [-0.4, -0.2) is 40.2 Å². The Labute approximate surface area is 167 Å². The molecular formula is C18H31IN6. The summed E-state index contributed by atoms with van der Waals surface area (Å²) in [4.78, 5) is 4.30. The zero-order chi connectivity index (χ0) is 17.4. The second kappa shape index (κ2) is 11.3. The maximum Gasteiger partial charge on any atom is 0.191 e. The molecule has 0 bridgehead atoms. The third kappa shape index (κ3) is 7.17. The molecular weight excluding hydrogens is 427 g/mol. The van der Waals surface area contributed by atoms with Crippen LogP contribution in [0.5, 0.6) is 0 Å². The number of guanidine groups is 1. The standard InChI is InChI=1S/C18H30N6.HI/c1-14(2)8-7-9-15(3)21-18(19-4)20-12-11-17-23-22-16-10-5-6-13-24(16)17;/h5-6,10,13-15H,7-9,11-12H2,1-4H3,(H2,19,20,21);1H. The molecule has 0 radical (unpaired) electrons. The average Bonchev–Trinajstić information content (AvgIpc) is 2.97. The normalized spacial score (nSPS) is 12.9. The Morgan fingerprint density at radius 3 is 2.72 bits per heavy atom. The van der Waals surface area contributed by atoms with Crippen LogP contribution in [0.2, 0.25) is 0 Å². The zero-order valence-electron chi connectivity index (χ0n) is 15.7. The summed E-state index contributed by atoms with van der Waals surface area (Å²) in [5.41, 5.74) is 0.883. The molecule has 2 aromatic heterocycles. The maximum absolute atomic E-state index is 4.30. The number of halogens is 1. The first kappa shape index (κ1) is 21.7. The van der Waals surface area contributed by atoms with Gasteiger partial charge in [0.05, 0.1) is 0 Å². The molecule has 25 heavy (non-hydrogen) atoms. The largest absolute Gasteiger partial charge is 0.356 e. The molecule has 2 aromatic rings. The fourth-order valence-electron chi connectivity index (χ4n) is 2.69. The van der Waals surface area contributed by atoms with Crippen LogP contribution in [0, 0.1) is 5.92 Å². The highest BCUT2D eigenvalue weighted by Crippen LogP contribution is 2.08. The lowest BCUT2D eigenvalue weighted by atomic mass is 10.0. The van der Waals surface area contributed by atoms with Crippen molar-refractivity contribution in [3.05, 3.63) is 30.2 Å². The van der Waals surface area contributed by atoms with Crippen molar-refractivity contribution >= 4 is 35.6 Å². The van der Waals surface area contributed by atoms with Crippen molar-refractivity contribution in [2.75, 3.05) is 13.6 Å². The molecule has 0 aliphatic carbocycles. The van der Waals surface area contributed by atoms with Gasteiger partial charge < -0.3 is 10.6 Å². The van der Waals surface area contributed by atoms with E-state index in [0.29, 0.717) is 6.04 Å². The van der Waals surface area contributed by atoms with Crippen LogP contribution in [-0.2, 0) is 6.42 Å². The second-order valence-electron chi connectivity index (χ2n) is 6.66. The topological polar surface area (TPSA) is 66.6 Å². The summed E-state index contributed by atoms with van der Waals surface area (Å²) in [6.07, 6.45) is 6.47. The third-order valence-corrected chi connectivity index (χ3v) is 4.05. The minimum Gasteiger partial charge on any atom is -0.356 e. The molecule has 0 aliphatic rings. The number of pyridine rings is 1. The van der Waals surface area contributed by atoms with Crippen LogP contribution < -0.4 is 10.6 Å². The van der Waals surface area contributed by atoms with Gasteiger partial charge in [-0.05, 0) is 31.4 Å². The summed E-state index contributed by atoms with van der Waals surface area (Å²) in [7, 11) is 1.81. The summed E-state index contributed by atoms with van der Waals surface area (Å²) in [6.45, 7) is 7.52. The van der Waals surface area contributed by atoms with Gasteiger partial charge in [0.15, 0.2) is 11.6 Å². The lowest BCUT2D eigenvalue weighted by Crippen LogP contribution is -2.43. The van der Waals surface area contributed by atoms with Gasteiger partial charge in [0.2, 0.25) is 0 Å². The predicted molar refractivity (Wildman–Crippen MR) is 115 cm³/mol. The van der Waals surface area contributed by atoms with Crippen LogP contribution in [0.25, 0.3) is 5.65 Å². The van der Waals surface area contributed by atoms with Crippen molar-refractivity contribution in [2.45, 2.75) is 52.5 Å². The fraction of sp³-hybridized carbons (Fsp3) is 0.611. The first-order valence-electron chi connectivity index (χ1n) is 8.86. The first-order valence-corrected chi connectivity index (χ1v) is 8.86. The molecule has 0 aromatic carbocycles. The van der Waals surface area contributed by atoms with E-state index in [9.17, 15) is 0 Å². The van der Waals surface area contributed by atoms with E-state index in [1.54, 1.807) is 0 Å². The highest BCUT2D eigenvalue weighted by atomic mass is 127. The van der Waals surface area contributed by atoms with E-state index < -0.39 is 0 Å². The van der Waals surface area contributed by atoms with Crippen LogP contribution in [0.4, 0.5) is 0 Å². The molecule has 0 fully saturated rings. The van der Waals surface area contributed by atoms with Gasteiger partial charge in [0.1, 0.15) is 5.82 Å². The number of aliphatic imine (C=N–C) groups is 1. The summed E-state index contributed by atoms with van der Waals surface area (Å²) in [5, 5.41) is 15.2. The first-order chi connectivity index (χ1) is 11.6. The van der Waals surface area contributed by atoms with Crippen molar-refractivity contribution in [1.82, 2.24) is 25.2 Å². The zero-order valence-corrected chi connectivity index (χ0v) is 18.0. The lowest BCUT2D eigenvalue weighted by Gasteiger charge is -2.18. The van der Waals surface area contributed by atoms with Gasteiger partial charge in [-0.15, -0.1) is 34.2 Å². The molecule has 0 amide bonds. The van der Waals surface area contributed by atoms with Gasteiger partial charge >= 0.3 is 0 Å². The van der Waals surface area contributed by atoms with Crippen molar-refractivity contribution in [3.63, 3.8) is 0 Å². The predicted octanol–water partition coefficient (Wildman–Crippen LogP) is 3.27. The molecule has 2 rings (SSSR count). The van der Waals surface area contributed by atoms with Gasteiger partial charge in [-0.2, -0.15) is 0 Å². The number of aromatic nitrogens is 3. The highest BCUT2D eigenvalue weighted by Gasteiger charge is 2.07. The molecule has 6 nitrogen and oxygen atoms in total. The van der Waals surface area contributed by atoms with E-state index in [4.69, 9.17) is 0 Å². The molecule has 0 saturated heterocycles. The summed E-state index contributed by atoms with van der Waals surface area (Å²) in [5.74, 6) is 2.58. The van der Waals surface area contributed by atoms with Crippen LogP contribution in [0.3, 0.4) is 0 Å². The number of hydrogen-bond donors (Lipinski definition) is 2. The Morgan fingerprint density at radius 2 is 2.00 bits per heavy atom. The number of nitrogens with one attached hydrogen (secondary N) is 2. The lowest BCUT2D eigenvalue weighted by molar-refractivity contribution is 0.491. The summed E-state index contributed by atoms with van der Waals surface area (Å²) < 4.78 is 2.02. The van der Waals surface area contributed by atoms with E-state index in [2.05, 4.69) is 46.6 Å². The summed E-state index contributed by atoms with van der Waals surface area (Å²) in [6, 6.07) is 6.35. The Hall–Kier alpha value is -1.38. The van der Waals surface area contributed by atoms with Crippen molar-refractivity contribution in [2.24, 2.45) is 10.9 Å². The van der Waals surface area contributed by atoms with Gasteiger partial charge in [-0.3, -0.25) is 9.39 Å². The molecule has 0 spiro atoms. The van der Waals surface area contributed by atoms with Gasteiger partial charge in [0, 0.05) is 32.3 Å². The van der Waals surface area contributed by atoms with E-state index in [1.807, 2.05) is 35.8 Å². The molecule has 1 unspecified atom stereocenters. The SMILES string of the molecule is CN=C(NCCc1nnc2ccccn12)NC(C)CCCC(C)C.I. The molecule has 7 heteroatoms. The van der Waals surface area contributed by atoms with Gasteiger partial charge in [-0.25, -0.2) is 0 Å². The smallest absolute Gasteiger partial charge is 0.191 e. The fourth-order valence-corrected chi connectivity index (χ4v) is 2.69. The van der Waals surface area contributed by atoms with Gasteiger partial charge in [0.25, 0.3) is 0 Å². The van der Waals surface area contributed by atoms with E-state index >= 15 is 0 Å². The Morgan fingerprint density at radius 1 is 1.20 bits per heavy atom. The van der Waals surface area contributed by atoms with E-state index in [0.717, 1.165) is 42.7 Å². The third-order valence-electron chi connectivity index (χ3n) is 4.05. The molecule has 0 saturated carbocycles. The van der Waals surface area contributed by atoms with Crippen molar-refractivity contribution < 1.29 is 0 Å². The Balaban J connectivity index is 0.00000312. The minimum atomic E-state index is 0. The number of rotatable bonds is 8. The van der Waals surface area contributed by atoms with Gasteiger partial charge in [-0.1, -0.05) is 32.8 Å². The monoisotopic (exact) mass is 458 g/mol. The molecule has 0 aliphatic heterocycles. The summed E-state index contributed by atoms with van der Waals surface area (Å²) >= 11 is 0. The van der Waals surface area contributed by atoms with Crippen molar-refractivity contribution in [1.29, 1.82) is 0 Å². The average molecular weight is 458 g/mol. The van der Waals surface area contributed by atoms with E-state index in [1.165, 1.54) is 12.8 Å². The Bertz CT molecular complexity index is 652. The number of nitrogens with zero attached hydrogens (tertiary/aromatic N) is 4. The molecule has 1 atom stereocenters. The number of hydrogen-bond acceptors (Lipinski definition) is 3. The Kier molecular flexibility index (Phi) is 9.77.